The number of hydrogen-bond acceptors (Lipinski definition) is 4. The van der Waals surface area contributed by atoms with Crippen LogP contribution in [-0.4, -0.2) is 10.9 Å². The molecule has 1 unspecified atom stereocenters. The predicted octanol–water partition coefficient (Wildman–Crippen LogP) is 7.16. The van der Waals surface area contributed by atoms with Gasteiger partial charge in [0.2, 0.25) is 0 Å². The molecule has 0 spiro atoms. The second kappa shape index (κ2) is 9.40. The molecule has 0 bridgehead atoms. The van der Waals surface area contributed by atoms with E-state index in [0.717, 1.165) is 59.8 Å². The predicted molar refractivity (Wildman–Crippen MR) is 139 cm³/mol. The van der Waals surface area contributed by atoms with Gasteiger partial charge in [0.1, 0.15) is 11.1 Å². The monoisotopic (exact) mass is 465 g/mol. The van der Waals surface area contributed by atoms with Gasteiger partial charge in [0, 0.05) is 15.8 Å². The number of anilines is 1. The summed E-state index contributed by atoms with van der Waals surface area (Å²) in [5, 5.41) is 14.4. The number of carbonyl (C=O) groups is 1. The minimum absolute atomic E-state index is 0.203. The zero-order chi connectivity index (χ0) is 23.7. The first-order valence-electron chi connectivity index (χ1n) is 11.9. The maximum atomic E-state index is 13.6. The van der Waals surface area contributed by atoms with E-state index in [-0.39, 0.29) is 5.91 Å². The molecule has 4 aromatic rings. The zero-order valence-corrected chi connectivity index (χ0v) is 20.3. The lowest BCUT2D eigenvalue weighted by molar-refractivity contribution is 0.102. The third kappa shape index (κ3) is 4.22. The van der Waals surface area contributed by atoms with Crippen LogP contribution in [0.4, 0.5) is 5.00 Å². The number of rotatable bonds is 5. The van der Waals surface area contributed by atoms with Crippen molar-refractivity contribution in [2.45, 2.75) is 46.0 Å². The van der Waals surface area contributed by atoms with E-state index in [1.165, 1.54) is 10.4 Å². The molecule has 5 heteroatoms. The molecule has 34 heavy (non-hydrogen) atoms. The summed E-state index contributed by atoms with van der Waals surface area (Å²) in [5.41, 5.74) is 6.15. The summed E-state index contributed by atoms with van der Waals surface area (Å²) in [5.74, 6) is 0.405. The number of nitrogens with zero attached hydrogens (tertiary/aromatic N) is 2. The van der Waals surface area contributed by atoms with Crippen molar-refractivity contribution in [1.29, 1.82) is 5.26 Å². The second-order valence-electron chi connectivity index (χ2n) is 9.14. The fourth-order valence-corrected chi connectivity index (χ4v) is 6.13. The molecule has 2 aromatic heterocycles. The van der Waals surface area contributed by atoms with E-state index in [1.54, 1.807) is 11.3 Å². The Morgan fingerprint density at radius 3 is 2.76 bits per heavy atom. The molecular formula is C29H27N3OS. The summed E-state index contributed by atoms with van der Waals surface area (Å²) in [4.78, 5) is 19.6. The fourth-order valence-electron chi connectivity index (χ4n) is 4.77. The van der Waals surface area contributed by atoms with Gasteiger partial charge in [-0.1, -0.05) is 62.7 Å². The van der Waals surface area contributed by atoms with E-state index in [0.29, 0.717) is 22.0 Å². The number of aromatic nitrogens is 1. The number of para-hydroxylation sites is 1. The van der Waals surface area contributed by atoms with E-state index in [9.17, 15) is 10.1 Å². The van der Waals surface area contributed by atoms with Crippen molar-refractivity contribution in [3.05, 3.63) is 81.7 Å². The van der Waals surface area contributed by atoms with E-state index >= 15 is 0 Å². The van der Waals surface area contributed by atoms with Crippen molar-refractivity contribution in [2.75, 3.05) is 5.32 Å². The van der Waals surface area contributed by atoms with Gasteiger partial charge in [-0.25, -0.2) is 4.98 Å². The third-order valence-corrected chi connectivity index (χ3v) is 7.77. The Morgan fingerprint density at radius 1 is 1.21 bits per heavy atom. The molecule has 0 aliphatic heterocycles. The molecule has 1 N–H and O–H groups in total. The maximum Gasteiger partial charge on any atom is 0.257 e. The highest BCUT2D eigenvalue weighted by atomic mass is 32.1. The largest absolute Gasteiger partial charge is 0.312 e. The molecule has 170 valence electrons. The van der Waals surface area contributed by atoms with Gasteiger partial charge in [0.05, 0.1) is 22.3 Å². The number of fused-ring (bicyclic) bond motifs is 2. The van der Waals surface area contributed by atoms with Gasteiger partial charge in [0.15, 0.2) is 0 Å². The van der Waals surface area contributed by atoms with Gasteiger partial charge in [-0.05, 0) is 54.9 Å². The van der Waals surface area contributed by atoms with Gasteiger partial charge in [-0.2, -0.15) is 5.26 Å². The lowest BCUT2D eigenvalue weighted by Gasteiger charge is -2.17. The Hall–Kier alpha value is -3.49. The molecule has 2 heterocycles. The summed E-state index contributed by atoms with van der Waals surface area (Å²) in [6, 6.07) is 20.4. The number of nitrogens with one attached hydrogen (secondary N) is 1. The molecule has 0 radical (unpaired) electrons. The number of pyridine rings is 1. The topological polar surface area (TPSA) is 65.8 Å². The molecule has 1 aliphatic carbocycles. The van der Waals surface area contributed by atoms with Crippen LogP contribution in [0.25, 0.3) is 22.2 Å². The molecule has 1 atom stereocenters. The summed E-state index contributed by atoms with van der Waals surface area (Å²) in [6.07, 6.45) is 5.11. The molecule has 0 saturated heterocycles. The zero-order valence-electron chi connectivity index (χ0n) is 19.5. The van der Waals surface area contributed by atoms with E-state index in [1.807, 2.05) is 30.3 Å². The average molecular weight is 466 g/mol. The number of aryl methyl sites for hydroxylation is 1. The normalized spacial score (nSPS) is 15.0. The van der Waals surface area contributed by atoms with Crippen LogP contribution in [0, 0.1) is 17.2 Å². The number of carbonyl (C=O) groups excluding carboxylic acids is 1. The quantitative estimate of drug-likeness (QED) is 0.340. The number of benzene rings is 2. The van der Waals surface area contributed by atoms with Crippen molar-refractivity contribution in [1.82, 2.24) is 4.98 Å². The van der Waals surface area contributed by atoms with Crippen LogP contribution in [0.1, 0.15) is 58.6 Å². The minimum Gasteiger partial charge on any atom is -0.312 e. The Bertz CT molecular complexity index is 1410. The number of thiophene rings is 1. The molecule has 5 rings (SSSR count). The van der Waals surface area contributed by atoms with Gasteiger partial charge >= 0.3 is 0 Å². The summed E-state index contributed by atoms with van der Waals surface area (Å²) < 4.78 is 0. The lowest BCUT2D eigenvalue weighted by atomic mass is 9.88. The fraction of sp³-hybridized carbons (Fsp3) is 0.276. The Kier molecular flexibility index (Phi) is 6.17. The van der Waals surface area contributed by atoms with Crippen molar-refractivity contribution >= 4 is 33.1 Å². The van der Waals surface area contributed by atoms with Crippen LogP contribution in [-0.2, 0) is 19.3 Å². The van der Waals surface area contributed by atoms with Crippen LogP contribution >= 0.6 is 11.3 Å². The molecule has 1 aliphatic rings. The Balaban J connectivity index is 1.53. The van der Waals surface area contributed by atoms with Gasteiger partial charge in [0.25, 0.3) is 5.91 Å². The van der Waals surface area contributed by atoms with Crippen LogP contribution in [0.5, 0.6) is 0 Å². The number of hydrogen-bond donors (Lipinski definition) is 1. The smallest absolute Gasteiger partial charge is 0.257 e. The number of amides is 1. The molecule has 2 aromatic carbocycles. The first-order chi connectivity index (χ1) is 16.6. The minimum atomic E-state index is -0.203. The van der Waals surface area contributed by atoms with E-state index in [2.05, 4.69) is 49.5 Å². The van der Waals surface area contributed by atoms with Gasteiger partial charge < -0.3 is 5.32 Å². The van der Waals surface area contributed by atoms with Crippen molar-refractivity contribution in [3.63, 3.8) is 0 Å². The SMILES string of the molecule is CCCc1ccc(-c2cc(C(=O)Nc3sc4c(c3C#N)CCC(C)C4)c3ccccc3n2)cc1. The third-order valence-electron chi connectivity index (χ3n) is 6.60. The van der Waals surface area contributed by atoms with E-state index < -0.39 is 0 Å². The molecular weight excluding hydrogens is 438 g/mol. The molecule has 1 amide bonds. The van der Waals surface area contributed by atoms with Crippen molar-refractivity contribution in [3.8, 4) is 17.3 Å². The second-order valence-corrected chi connectivity index (χ2v) is 10.2. The standard InChI is InChI=1S/C29H27N3OS/c1-3-6-19-10-12-20(13-11-19)26-16-23(21-7-4-5-8-25(21)31-26)28(33)32-29-24(17-30)22-14-9-18(2)15-27(22)34-29/h4-5,7-8,10-13,16,18H,3,6,9,14-15H2,1-2H3,(H,32,33). The van der Waals surface area contributed by atoms with Crippen LogP contribution in [0.15, 0.2) is 54.6 Å². The molecule has 0 saturated carbocycles. The molecule has 4 nitrogen and oxygen atoms in total. The first-order valence-corrected chi connectivity index (χ1v) is 12.7. The highest BCUT2D eigenvalue weighted by Crippen LogP contribution is 2.39. The molecule has 0 fully saturated rings. The van der Waals surface area contributed by atoms with E-state index in [4.69, 9.17) is 4.98 Å². The summed E-state index contributed by atoms with van der Waals surface area (Å²) in [6.45, 7) is 4.42. The number of nitriles is 1. The summed E-state index contributed by atoms with van der Waals surface area (Å²) in [7, 11) is 0. The van der Waals surface area contributed by atoms with Crippen LogP contribution < -0.4 is 5.32 Å². The average Bonchev–Trinajstić information content (AvgIpc) is 3.19. The van der Waals surface area contributed by atoms with Crippen molar-refractivity contribution in [2.24, 2.45) is 5.92 Å². The lowest BCUT2D eigenvalue weighted by Crippen LogP contribution is -2.13. The van der Waals surface area contributed by atoms with Crippen LogP contribution in [0.3, 0.4) is 0 Å². The van der Waals surface area contributed by atoms with Gasteiger partial charge in [-0.3, -0.25) is 4.79 Å². The maximum absolute atomic E-state index is 13.6. The Labute approximate surface area is 204 Å². The van der Waals surface area contributed by atoms with Gasteiger partial charge in [-0.15, -0.1) is 11.3 Å². The van der Waals surface area contributed by atoms with Crippen molar-refractivity contribution < 1.29 is 4.79 Å². The Morgan fingerprint density at radius 2 is 2.00 bits per heavy atom. The van der Waals surface area contributed by atoms with Crippen LogP contribution in [0.2, 0.25) is 0 Å². The first kappa shape index (κ1) is 22.3. The highest BCUT2D eigenvalue weighted by Gasteiger charge is 2.25. The summed E-state index contributed by atoms with van der Waals surface area (Å²) >= 11 is 1.56. The highest BCUT2D eigenvalue weighted by molar-refractivity contribution is 7.16.